The zero-order chi connectivity index (χ0) is 12.7. The highest BCUT2D eigenvalue weighted by Gasteiger charge is 2.42. The fourth-order valence-electron chi connectivity index (χ4n) is 1.63. The average molecular weight is 325 g/mol. The smallest absolute Gasteiger partial charge is 0.245 e. The van der Waals surface area contributed by atoms with Crippen molar-refractivity contribution < 1.29 is 18.4 Å². The van der Waals surface area contributed by atoms with Crippen molar-refractivity contribution in [2.24, 2.45) is 0 Å². The van der Waals surface area contributed by atoms with Gasteiger partial charge < -0.3 is 0 Å². The van der Waals surface area contributed by atoms with E-state index in [4.69, 9.17) is 11.6 Å². The summed E-state index contributed by atoms with van der Waals surface area (Å²) < 4.78 is 26.6. The molecule has 0 saturated carbocycles. The zero-order valence-electron chi connectivity index (χ0n) is 8.14. The fourth-order valence-corrected chi connectivity index (χ4v) is 2.29. The Morgan fingerprint density at radius 1 is 1.18 bits per heavy atom. The van der Waals surface area contributed by atoms with Crippen LogP contribution in [0.4, 0.5) is 8.78 Å². The Bertz CT molecular complexity index is 523. The van der Waals surface area contributed by atoms with E-state index >= 15 is 0 Å². The molecule has 2 unspecified atom stereocenters. The third kappa shape index (κ3) is 2.07. The number of alkyl halides is 1. The molecule has 1 heterocycles. The highest BCUT2D eigenvalue weighted by Crippen LogP contribution is 2.33. The lowest BCUT2D eigenvalue weighted by Crippen LogP contribution is -2.22. The normalized spacial score (nSPS) is 24.0. The molecule has 90 valence electrons. The molecule has 2 amide bonds. The molecule has 1 aliphatic heterocycles. The number of halogens is 4. The standard InChI is InChI=1S/C10H5BrClF2NO2/c11-4-1-3(5(13)2-6(4)14)7-8(12)10(17)15-9(7)16/h1-2,7-8H,(H,15,16,17). The van der Waals surface area contributed by atoms with Gasteiger partial charge in [-0.3, -0.25) is 14.9 Å². The van der Waals surface area contributed by atoms with Crippen molar-refractivity contribution in [3.05, 3.63) is 33.8 Å². The van der Waals surface area contributed by atoms with Gasteiger partial charge in [0.25, 0.3) is 0 Å². The summed E-state index contributed by atoms with van der Waals surface area (Å²) in [7, 11) is 0. The lowest BCUT2D eigenvalue weighted by Gasteiger charge is -2.11. The Balaban J connectivity index is 2.51. The van der Waals surface area contributed by atoms with Crippen LogP contribution in [0.15, 0.2) is 16.6 Å². The number of hydrogen-bond donors (Lipinski definition) is 1. The Hall–Kier alpha value is -1.01. The van der Waals surface area contributed by atoms with Crippen LogP contribution in [0.1, 0.15) is 11.5 Å². The first-order valence-electron chi connectivity index (χ1n) is 4.55. The van der Waals surface area contributed by atoms with Crippen LogP contribution in [0.5, 0.6) is 0 Å². The molecule has 3 nitrogen and oxygen atoms in total. The molecular formula is C10H5BrClF2NO2. The number of imide groups is 1. The van der Waals surface area contributed by atoms with Crippen molar-refractivity contribution >= 4 is 39.3 Å². The van der Waals surface area contributed by atoms with Crippen LogP contribution in [0, 0.1) is 11.6 Å². The van der Waals surface area contributed by atoms with Crippen molar-refractivity contribution in [1.29, 1.82) is 0 Å². The zero-order valence-corrected chi connectivity index (χ0v) is 10.5. The first-order valence-corrected chi connectivity index (χ1v) is 5.78. The molecule has 0 bridgehead atoms. The van der Waals surface area contributed by atoms with Gasteiger partial charge in [-0.1, -0.05) is 0 Å². The van der Waals surface area contributed by atoms with Crippen LogP contribution < -0.4 is 5.32 Å². The molecule has 2 atom stereocenters. The molecule has 0 radical (unpaired) electrons. The molecule has 17 heavy (non-hydrogen) atoms. The van der Waals surface area contributed by atoms with E-state index < -0.39 is 34.7 Å². The van der Waals surface area contributed by atoms with E-state index in [9.17, 15) is 18.4 Å². The second-order valence-electron chi connectivity index (χ2n) is 3.52. The van der Waals surface area contributed by atoms with Gasteiger partial charge in [0.15, 0.2) is 0 Å². The Morgan fingerprint density at radius 3 is 2.35 bits per heavy atom. The van der Waals surface area contributed by atoms with Gasteiger partial charge in [-0.05, 0) is 22.0 Å². The number of carbonyl (C=O) groups excluding carboxylic acids is 2. The summed E-state index contributed by atoms with van der Waals surface area (Å²) in [5, 5.41) is 0.805. The third-order valence-corrected chi connectivity index (χ3v) is 3.50. The Morgan fingerprint density at radius 2 is 1.82 bits per heavy atom. The Kier molecular flexibility index (Phi) is 3.18. The van der Waals surface area contributed by atoms with E-state index in [1.54, 1.807) is 0 Å². The van der Waals surface area contributed by atoms with Crippen LogP contribution >= 0.6 is 27.5 Å². The molecule has 0 spiro atoms. The Labute approximate surface area is 108 Å². The number of benzene rings is 1. The summed E-state index contributed by atoms with van der Waals surface area (Å²) >= 11 is 8.59. The first-order chi connectivity index (χ1) is 7.91. The van der Waals surface area contributed by atoms with Gasteiger partial charge in [0.05, 0.1) is 10.4 Å². The van der Waals surface area contributed by atoms with E-state index in [1.807, 2.05) is 5.32 Å². The van der Waals surface area contributed by atoms with Crippen molar-refractivity contribution in [2.75, 3.05) is 0 Å². The molecule has 1 aromatic carbocycles. The van der Waals surface area contributed by atoms with Gasteiger partial charge in [0, 0.05) is 11.6 Å². The van der Waals surface area contributed by atoms with Crippen LogP contribution in [0.25, 0.3) is 0 Å². The second-order valence-corrected chi connectivity index (χ2v) is 4.85. The molecule has 1 saturated heterocycles. The van der Waals surface area contributed by atoms with E-state index in [0.717, 1.165) is 6.07 Å². The first kappa shape index (κ1) is 12.4. The maximum atomic E-state index is 13.5. The molecule has 0 aromatic heterocycles. The lowest BCUT2D eigenvalue weighted by atomic mass is 9.96. The third-order valence-electron chi connectivity index (χ3n) is 2.45. The predicted molar refractivity (Wildman–Crippen MR) is 59.6 cm³/mol. The summed E-state index contributed by atoms with van der Waals surface area (Å²) in [4.78, 5) is 22.6. The van der Waals surface area contributed by atoms with Crippen LogP contribution in [0.2, 0.25) is 0 Å². The largest absolute Gasteiger partial charge is 0.295 e. The van der Waals surface area contributed by atoms with Crippen molar-refractivity contribution in [2.45, 2.75) is 11.3 Å². The molecule has 7 heteroatoms. The molecule has 1 aliphatic rings. The fraction of sp³-hybridized carbons (Fsp3) is 0.200. The lowest BCUT2D eigenvalue weighted by molar-refractivity contribution is -0.125. The van der Waals surface area contributed by atoms with Crippen molar-refractivity contribution in [3.8, 4) is 0 Å². The van der Waals surface area contributed by atoms with Crippen LogP contribution in [0.3, 0.4) is 0 Å². The van der Waals surface area contributed by atoms with Crippen molar-refractivity contribution in [1.82, 2.24) is 5.32 Å². The van der Waals surface area contributed by atoms with Gasteiger partial charge >= 0.3 is 0 Å². The molecular weight excluding hydrogens is 319 g/mol. The van der Waals surface area contributed by atoms with Gasteiger partial charge in [-0.2, -0.15) is 0 Å². The molecule has 1 N–H and O–H groups in total. The van der Waals surface area contributed by atoms with Gasteiger partial charge in [-0.25, -0.2) is 8.78 Å². The summed E-state index contributed by atoms with van der Waals surface area (Å²) in [6.07, 6.45) is 0. The maximum absolute atomic E-state index is 13.5. The monoisotopic (exact) mass is 323 g/mol. The SMILES string of the molecule is O=C1NC(=O)C(c2cc(Br)c(F)cc2F)C1Cl. The topological polar surface area (TPSA) is 46.2 Å². The molecule has 1 aromatic rings. The summed E-state index contributed by atoms with van der Waals surface area (Å²) in [5.74, 6) is -4.21. The molecule has 0 aliphatic carbocycles. The maximum Gasteiger partial charge on any atom is 0.245 e. The number of carbonyl (C=O) groups is 2. The highest BCUT2D eigenvalue weighted by molar-refractivity contribution is 9.10. The number of amides is 2. The highest BCUT2D eigenvalue weighted by atomic mass is 79.9. The van der Waals surface area contributed by atoms with E-state index in [-0.39, 0.29) is 10.0 Å². The second kappa shape index (κ2) is 4.34. The minimum atomic E-state index is -1.19. The minimum Gasteiger partial charge on any atom is -0.295 e. The van der Waals surface area contributed by atoms with E-state index in [1.165, 1.54) is 0 Å². The number of nitrogens with one attached hydrogen (secondary N) is 1. The number of hydrogen-bond acceptors (Lipinski definition) is 2. The summed E-state index contributed by atoms with van der Waals surface area (Å²) in [6, 6.07) is 1.75. The van der Waals surface area contributed by atoms with E-state index in [2.05, 4.69) is 15.9 Å². The van der Waals surface area contributed by atoms with Crippen LogP contribution in [-0.4, -0.2) is 17.2 Å². The van der Waals surface area contributed by atoms with Gasteiger partial charge in [0.2, 0.25) is 11.8 Å². The predicted octanol–water partition coefficient (Wildman–Crippen LogP) is 2.07. The minimum absolute atomic E-state index is 0.00455. The molecule has 2 rings (SSSR count). The van der Waals surface area contributed by atoms with Crippen molar-refractivity contribution in [3.63, 3.8) is 0 Å². The van der Waals surface area contributed by atoms with Crippen LogP contribution in [-0.2, 0) is 9.59 Å². The summed E-state index contributed by atoms with van der Waals surface area (Å²) in [6.45, 7) is 0. The quantitative estimate of drug-likeness (QED) is 0.488. The average Bonchev–Trinajstić information content (AvgIpc) is 2.48. The van der Waals surface area contributed by atoms with E-state index in [0.29, 0.717) is 6.07 Å². The molecule has 1 fully saturated rings. The summed E-state index contributed by atoms with van der Waals surface area (Å²) in [5.41, 5.74) is -0.110. The van der Waals surface area contributed by atoms with Gasteiger partial charge in [-0.15, -0.1) is 11.6 Å². The van der Waals surface area contributed by atoms with Gasteiger partial charge in [0.1, 0.15) is 17.0 Å². The number of rotatable bonds is 1.